The van der Waals surface area contributed by atoms with E-state index in [1.807, 2.05) is 0 Å². The third-order valence-electron chi connectivity index (χ3n) is 5.39. The Bertz CT molecular complexity index is 1370. The van der Waals surface area contributed by atoms with Crippen molar-refractivity contribution < 1.29 is 19.1 Å². The summed E-state index contributed by atoms with van der Waals surface area (Å²) in [6.45, 7) is 0. The minimum Gasteiger partial charge on any atom is -0.466 e. The van der Waals surface area contributed by atoms with Crippen molar-refractivity contribution in [1.82, 2.24) is 10.2 Å². The quantitative estimate of drug-likeness (QED) is 0.513. The molecule has 1 atom stereocenters. The predicted octanol–water partition coefficient (Wildman–Crippen LogP) is 3.22. The molecule has 0 fully saturated rings. The summed E-state index contributed by atoms with van der Waals surface area (Å²) < 4.78 is 10.8. The molecule has 0 aliphatic carbocycles. The van der Waals surface area contributed by atoms with Crippen LogP contribution in [-0.4, -0.2) is 36.4 Å². The van der Waals surface area contributed by atoms with Crippen molar-refractivity contribution in [2.24, 2.45) is 5.73 Å². The van der Waals surface area contributed by atoms with Gasteiger partial charge in [0.15, 0.2) is 0 Å². The number of hydrogen-bond donors (Lipinski definition) is 2. The number of anilines is 1. The van der Waals surface area contributed by atoms with Crippen LogP contribution in [0.25, 0.3) is 10.9 Å². The number of aromatic amines is 1. The number of fused-ring (bicyclic) bond motifs is 1. The minimum atomic E-state index is -0.929. The van der Waals surface area contributed by atoms with E-state index in [2.05, 4.69) is 32.2 Å². The zero-order valence-corrected chi connectivity index (χ0v) is 19.2. The highest BCUT2D eigenvalue weighted by Crippen LogP contribution is 2.44. The van der Waals surface area contributed by atoms with Crippen molar-refractivity contribution in [3.05, 3.63) is 81.4 Å². The first-order valence-electron chi connectivity index (χ1n) is 9.71. The first-order valence-corrected chi connectivity index (χ1v) is 10.5. The Morgan fingerprint density at radius 1 is 1.15 bits per heavy atom. The number of carbonyl (C=O) groups excluding carboxylic acids is 2. The summed E-state index contributed by atoms with van der Waals surface area (Å²) >= 11 is 3.47. The second-order valence-electron chi connectivity index (χ2n) is 7.06. The van der Waals surface area contributed by atoms with E-state index in [1.54, 1.807) is 48.7 Å². The van der Waals surface area contributed by atoms with Gasteiger partial charge in [0.25, 0.3) is 0 Å². The monoisotopic (exact) mass is 507 g/mol. The molecule has 2 aromatic carbocycles. The average Bonchev–Trinajstić information content (AvgIpc) is 3.34. The van der Waals surface area contributed by atoms with Crippen LogP contribution in [0.2, 0.25) is 0 Å². The van der Waals surface area contributed by atoms with Gasteiger partial charge in [-0.1, -0.05) is 46.3 Å². The van der Waals surface area contributed by atoms with Gasteiger partial charge >= 0.3 is 11.9 Å². The lowest BCUT2D eigenvalue weighted by atomic mass is 9.81. The van der Waals surface area contributed by atoms with Gasteiger partial charge in [-0.3, -0.25) is 10.00 Å². The number of allylic oxidation sites excluding steroid dienone is 1. The summed E-state index contributed by atoms with van der Waals surface area (Å²) in [6, 6.07) is 14.4. The first kappa shape index (κ1) is 22.1. The fourth-order valence-corrected chi connectivity index (χ4v) is 4.37. The Hall–Kier alpha value is -4.10. The van der Waals surface area contributed by atoms with Gasteiger partial charge in [0.05, 0.1) is 54.8 Å². The maximum absolute atomic E-state index is 13.1. The molecule has 166 valence electrons. The molecular weight excluding hydrogens is 490 g/mol. The largest absolute Gasteiger partial charge is 0.466 e. The Morgan fingerprint density at radius 2 is 1.85 bits per heavy atom. The van der Waals surface area contributed by atoms with Gasteiger partial charge in [-0.2, -0.15) is 10.4 Å². The van der Waals surface area contributed by atoms with Crippen molar-refractivity contribution in [3.8, 4) is 6.07 Å². The van der Waals surface area contributed by atoms with E-state index in [9.17, 15) is 14.9 Å². The van der Waals surface area contributed by atoms with E-state index in [0.717, 1.165) is 4.47 Å². The standard InChI is InChI=1S/C23H18BrN5O4/c1-32-22(30)18-17(12-6-4-3-5-7-12)13(10-25)21(26)29(20(18)23(31)33-2)16-9-8-15(24)14-11-27-28-19(14)16/h3-9,11,17H,26H2,1-2H3,(H,27,28). The van der Waals surface area contributed by atoms with Crippen molar-refractivity contribution in [2.45, 2.75) is 5.92 Å². The van der Waals surface area contributed by atoms with E-state index in [0.29, 0.717) is 22.2 Å². The molecule has 0 saturated carbocycles. The van der Waals surface area contributed by atoms with Gasteiger partial charge in [0.1, 0.15) is 11.5 Å². The second-order valence-corrected chi connectivity index (χ2v) is 7.91. The molecule has 0 amide bonds. The van der Waals surface area contributed by atoms with E-state index in [-0.39, 0.29) is 22.7 Å². The van der Waals surface area contributed by atoms with Crippen LogP contribution in [0.4, 0.5) is 5.69 Å². The topological polar surface area (TPSA) is 134 Å². The van der Waals surface area contributed by atoms with E-state index >= 15 is 0 Å². The van der Waals surface area contributed by atoms with E-state index < -0.39 is 17.9 Å². The molecule has 3 N–H and O–H groups in total. The Labute approximate surface area is 197 Å². The van der Waals surface area contributed by atoms with Crippen molar-refractivity contribution in [1.29, 1.82) is 5.26 Å². The van der Waals surface area contributed by atoms with Crippen LogP contribution in [0, 0.1) is 11.3 Å². The van der Waals surface area contributed by atoms with Crippen LogP contribution < -0.4 is 10.6 Å². The average molecular weight is 508 g/mol. The number of aromatic nitrogens is 2. The highest BCUT2D eigenvalue weighted by atomic mass is 79.9. The number of esters is 2. The molecule has 3 aromatic rings. The zero-order valence-electron chi connectivity index (χ0n) is 17.6. The molecule has 1 unspecified atom stereocenters. The summed E-state index contributed by atoms with van der Waals surface area (Å²) in [5.74, 6) is -2.54. The predicted molar refractivity (Wildman–Crippen MR) is 123 cm³/mol. The number of benzene rings is 2. The van der Waals surface area contributed by atoms with Gasteiger partial charge in [-0.05, 0) is 17.7 Å². The van der Waals surface area contributed by atoms with Gasteiger partial charge in [-0.25, -0.2) is 9.59 Å². The van der Waals surface area contributed by atoms with E-state index in [1.165, 1.54) is 19.1 Å². The number of nitrogens with one attached hydrogen (secondary N) is 1. The van der Waals surface area contributed by atoms with Crippen molar-refractivity contribution in [3.63, 3.8) is 0 Å². The Kier molecular flexibility index (Phi) is 5.89. The lowest BCUT2D eigenvalue weighted by molar-refractivity contribution is -0.139. The van der Waals surface area contributed by atoms with Gasteiger partial charge in [-0.15, -0.1) is 0 Å². The molecule has 9 nitrogen and oxygen atoms in total. The number of methoxy groups -OCH3 is 2. The number of rotatable bonds is 4. The summed E-state index contributed by atoms with van der Waals surface area (Å²) in [6.07, 6.45) is 1.60. The molecule has 4 rings (SSSR count). The van der Waals surface area contributed by atoms with Crippen molar-refractivity contribution in [2.75, 3.05) is 19.1 Å². The maximum atomic E-state index is 13.1. The number of carbonyl (C=O) groups is 2. The number of ether oxygens (including phenoxy) is 2. The molecule has 1 aliphatic rings. The van der Waals surface area contributed by atoms with Crippen LogP contribution in [0.5, 0.6) is 0 Å². The highest BCUT2D eigenvalue weighted by molar-refractivity contribution is 9.10. The molecule has 0 saturated heterocycles. The fraction of sp³-hybridized carbons (Fsp3) is 0.130. The van der Waals surface area contributed by atoms with Crippen LogP contribution in [0.1, 0.15) is 11.5 Å². The summed E-state index contributed by atoms with van der Waals surface area (Å²) in [5, 5.41) is 17.8. The number of nitriles is 1. The number of H-pyrrole nitrogens is 1. The SMILES string of the molecule is COC(=O)C1=C(C(=O)OC)N(c2ccc(Br)c3cn[nH]c23)C(N)=C(C#N)C1c1ccccc1. The lowest BCUT2D eigenvalue weighted by Gasteiger charge is -2.36. The molecule has 0 spiro atoms. The van der Waals surface area contributed by atoms with Crippen LogP contribution in [-0.2, 0) is 19.1 Å². The number of hydrogen-bond acceptors (Lipinski definition) is 8. The van der Waals surface area contributed by atoms with Crippen molar-refractivity contribution >= 4 is 44.5 Å². The molecule has 0 radical (unpaired) electrons. The van der Waals surface area contributed by atoms with Gasteiger partial charge in [0.2, 0.25) is 0 Å². The number of halogens is 1. The lowest BCUT2D eigenvalue weighted by Crippen LogP contribution is -2.40. The van der Waals surface area contributed by atoms with Crippen LogP contribution in [0.15, 0.2) is 75.8 Å². The Morgan fingerprint density at radius 3 is 2.48 bits per heavy atom. The van der Waals surface area contributed by atoms with Gasteiger partial charge in [0, 0.05) is 9.86 Å². The summed E-state index contributed by atoms with van der Waals surface area (Å²) in [5.41, 5.74) is 7.95. The third kappa shape index (κ3) is 3.52. The molecule has 0 bridgehead atoms. The molecular formula is C23H18BrN5O4. The van der Waals surface area contributed by atoms with Crippen LogP contribution in [0.3, 0.4) is 0 Å². The second kappa shape index (κ2) is 8.80. The Balaban J connectivity index is 2.12. The first-order chi connectivity index (χ1) is 15.9. The normalized spacial score (nSPS) is 16.1. The minimum absolute atomic E-state index is 0.0161. The van der Waals surface area contributed by atoms with Gasteiger partial charge < -0.3 is 15.2 Å². The molecule has 1 aromatic heterocycles. The number of nitrogens with zero attached hydrogens (tertiary/aromatic N) is 3. The smallest absolute Gasteiger partial charge is 0.355 e. The fourth-order valence-electron chi connectivity index (χ4n) is 3.94. The maximum Gasteiger partial charge on any atom is 0.355 e. The highest BCUT2D eigenvalue weighted by Gasteiger charge is 2.43. The molecule has 10 heteroatoms. The third-order valence-corrected chi connectivity index (χ3v) is 6.08. The molecule has 2 heterocycles. The number of nitrogens with two attached hydrogens (primary N) is 1. The van der Waals surface area contributed by atoms with E-state index in [4.69, 9.17) is 15.2 Å². The summed E-state index contributed by atoms with van der Waals surface area (Å²) in [4.78, 5) is 27.5. The van der Waals surface area contributed by atoms with Crippen LogP contribution >= 0.6 is 15.9 Å². The molecule has 33 heavy (non-hydrogen) atoms. The molecule has 1 aliphatic heterocycles. The summed E-state index contributed by atoms with van der Waals surface area (Å²) in [7, 11) is 2.41. The zero-order chi connectivity index (χ0) is 23.7.